The van der Waals surface area contributed by atoms with Crippen LogP contribution in [-0.4, -0.2) is 33.7 Å². The molecule has 3 N–H and O–H groups in total. The van der Waals surface area contributed by atoms with Gasteiger partial charge in [0.15, 0.2) is 0 Å². The average Bonchev–Trinajstić information content (AvgIpc) is 3.29. The van der Waals surface area contributed by atoms with Crippen molar-refractivity contribution in [2.45, 2.75) is 25.7 Å². The molecule has 1 atom stereocenters. The van der Waals surface area contributed by atoms with E-state index in [9.17, 15) is 14.7 Å². The zero-order chi connectivity index (χ0) is 19.1. The van der Waals surface area contributed by atoms with Gasteiger partial charge in [-0.15, -0.1) is 0 Å². The zero-order valence-electron chi connectivity index (χ0n) is 15.5. The molecule has 2 aromatic heterocycles. The molecule has 1 saturated heterocycles. The van der Waals surface area contributed by atoms with Gasteiger partial charge in [0.05, 0.1) is 5.69 Å². The Bertz CT molecular complexity index is 1090. The Labute approximate surface area is 156 Å². The lowest BCUT2D eigenvalue weighted by atomic mass is 10.0. The molecule has 1 aliphatic rings. The highest BCUT2D eigenvalue weighted by Crippen LogP contribution is 2.31. The first-order chi connectivity index (χ1) is 13.0. The number of hydrogen-bond donors (Lipinski definition) is 3. The lowest BCUT2D eigenvalue weighted by Gasteiger charge is -2.11. The van der Waals surface area contributed by atoms with Gasteiger partial charge in [0, 0.05) is 36.1 Å². The van der Waals surface area contributed by atoms with Gasteiger partial charge in [0.2, 0.25) is 0 Å². The Morgan fingerprint density at radius 3 is 2.78 bits per heavy atom. The monoisotopic (exact) mass is 365 g/mol. The first kappa shape index (κ1) is 17.5. The molecule has 0 bridgehead atoms. The number of nitrogens with zero attached hydrogens (tertiary/aromatic N) is 1. The number of benzene rings is 1. The van der Waals surface area contributed by atoms with E-state index in [4.69, 9.17) is 0 Å². The van der Waals surface area contributed by atoms with Crippen LogP contribution in [0.1, 0.15) is 40.9 Å². The van der Waals surface area contributed by atoms with Gasteiger partial charge >= 0.3 is 5.97 Å². The number of carboxylic acid groups (broad SMARTS) is 1. The van der Waals surface area contributed by atoms with Gasteiger partial charge in [-0.25, -0.2) is 4.79 Å². The smallest absolute Gasteiger partial charge is 0.341 e. The maximum absolute atomic E-state index is 12.2. The Kier molecular flexibility index (Phi) is 4.36. The van der Waals surface area contributed by atoms with Crippen LogP contribution in [0.25, 0.3) is 22.2 Å². The predicted octanol–water partition coefficient (Wildman–Crippen LogP) is 2.87. The van der Waals surface area contributed by atoms with Crippen LogP contribution in [0.15, 0.2) is 35.1 Å². The molecule has 4 rings (SSSR count). The van der Waals surface area contributed by atoms with Gasteiger partial charge in [0.1, 0.15) is 5.56 Å². The molecule has 0 spiro atoms. The largest absolute Gasteiger partial charge is 0.477 e. The second-order valence-corrected chi connectivity index (χ2v) is 7.16. The second kappa shape index (κ2) is 6.70. The number of pyridine rings is 1. The number of aryl methyl sites for hydroxylation is 2. The van der Waals surface area contributed by atoms with E-state index in [1.54, 1.807) is 0 Å². The Morgan fingerprint density at radius 1 is 1.30 bits per heavy atom. The molecular formula is C21H23N3O3. The summed E-state index contributed by atoms with van der Waals surface area (Å²) in [4.78, 5) is 26.2. The highest BCUT2D eigenvalue weighted by atomic mass is 16.4. The molecule has 0 aliphatic carbocycles. The van der Waals surface area contributed by atoms with Crippen LogP contribution in [0.3, 0.4) is 0 Å². The predicted molar refractivity (Wildman–Crippen MR) is 106 cm³/mol. The molecule has 1 fully saturated rings. The Hall–Kier alpha value is -2.86. The number of carboxylic acids is 1. The van der Waals surface area contributed by atoms with Crippen LogP contribution in [0.4, 0.5) is 0 Å². The molecule has 3 aromatic rings. The summed E-state index contributed by atoms with van der Waals surface area (Å²) in [6, 6.07) is 9.85. The summed E-state index contributed by atoms with van der Waals surface area (Å²) >= 11 is 0. The summed E-state index contributed by atoms with van der Waals surface area (Å²) < 4.78 is 2.24. The summed E-state index contributed by atoms with van der Waals surface area (Å²) in [5, 5.41) is 13.7. The van der Waals surface area contributed by atoms with Crippen molar-refractivity contribution in [1.29, 1.82) is 0 Å². The molecular weight excluding hydrogens is 342 g/mol. The molecule has 1 aliphatic heterocycles. The van der Waals surface area contributed by atoms with Gasteiger partial charge in [0.25, 0.3) is 5.56 Å². The van der Waals surface area contributed by atoms with Crippen LogP contribution >= 0.6 is 0 Å². The fraction of sp³-hybridized carbons (Fsp3) is 0.333. The maximum atomic E-state index is 12.2. The fourth-order valence-corrected chi connectivity index (χ4v) is 4.09. The number of rotatable bonds is 4. The van der Waals surface area contributed by atoms with Crippen molar-refractivity contribution in [2.24, 2.45) is 7.05 Å². The van der Waals surface area contributed by atoms with Crippen LogP contribution in [-0.2, 0) is 13.5 Å². The topological polar surface area (TPSA) is 87.1 Å². The Balaban J connectivity index is 1.84. The number of hydrogen-bond acceptors (Lipinski definition) is 3. The number of aromatic carboxylic acids is 1. The summed E-state index contributed by atoms with van der Waals surface area (Å²) in [7, 11) is 2.09. The first-order valence-corrected chi connectivity index (χ1v) is 9.29. The summed E-state index contributed by atoms with van der Waals surface area (Å²) in [5.74, 6) is -0.683. The van der Waals surface area contributed by atoms with E-state index < -0.39 is 11.5 Å². The number of nitrogens with one attached hydrogen (secondary N) is 2. The van der Waals surface area contributed by atoms with Gasteiger partial charge in [-0.3, -0.25) is 4.79 Å². The number of aromatic nitrogens is 2. The summed E-state index contributed by atoms with van der Waals surface area (Å²) in [6.45, 7) is 4.00. The third-order valence-electron chi connectivity index (χ3n) is 5.58. The fourth-order valence-electron chi connectivity index (χ4n) is 4.09. The van der Waals surface area contributed by atoms with E-state index in [1.807, 2.05) is 13.0 Å². The first-order valence-electron chi connectivity index (χ1n) is 9.29. The van der Waals surface area contributed by atoms with E-state index in [2.05, 4.69) is 40.1 Å². The number of H-pyrrole nitrogens is 1. The van der Waals surface area contributed by atoms with Gasteiger partial charge < -0.3 is 20.0 Å². The second-order valence-electron chi connectivity index (χ2n) is 7.16. The lowest BCUT2D eigenvalue weighted by Crippen LogP contribution is -2.19. The minimum Gasteiger partial charge on any atom is -0.477 e. The third kappa shape index (κ3) is 2.96. The molecule has 1 aromatic carbocycles. The average molecular weight is 365 g/mol. The molecule has 6 heteroatoms. The van der Waals surface area contributed by atoms with Crippen molar-refractivity contribution >= 4 is 16.9 Å². The van der Waals surface area contributed by atoms with Gasteiger partial charge in [-0.1, -0.05) is 13.0 Å². The molecule has 140 valence electrons. The molecule has 3 heterocycles. The zero-order valence-corrected chi connectivity index (χ0v) is 15.5. The third-order valence-corrected chi connectivity index (χ3v) is 5.58. The molecule has 0 saturated carbocycles. The van der Waals surface area contributed by atoms with Crippen molar-refractivity contribution in [2.75, 3.05) is 13.1 Å². The van der Waals surface area contributed by atoms with Gasteiger partial charge in [-0.05, 0) is 54.8 Å². The van der Waals surface area contributed by atoms with Crippen molar-refractivity contribution in [3.05, 3.63) is 57.5 Å². The van der Waals surface area contributed by atoms with Crippen LogP contribution in [0, 0.1) is 0 Å². The number of fused-ring (bicyclic) bond motifs is 1. The van der Waals surface area contributed by atoms with Crippen molar-refractivity contribution < 1.29 is 9.90 Å². The van der Waals surface area contributed by atoms with Crippen molar-refractivity contribution in [3.8, 4) is 11.3 Å². The SMILES string of the molecule is CCc1cc(C(=O)O)c(=O)[nH]c1-c1ccc2c(c1)cc(C1CCNC1)n2C. The highest BCUT2D eigenvalue weighted by molar-refractivity contribution is 5.89. The van der Waals surface area contributed by atoms with Crippen LogP contribution in [0.5, 0.6) is 0 Å². The minimum absolute atomic E-state index is 0.215. The normalized spacial score (nSPS) is 16.9. The van der Waals surface area contributed by atoms with Crippen LogP contribution in [0.2, 0.25) is 0 Å². The van der Waals surface area contributed by atoms with Crippen molar-refractivity contribution in [3.63, 3.8) is 0 Å². The summed E-state index contributed by atoms with van der Waals surface area (Å²) in [5.41, 5.74) is 4.11. The van der Waals surface area contributed by atoms with Gasteiger partial charge in [-0.2, -0.15) is 0 Å². The van der Waals surface area contributed by atoms with Crippen molar-refractivity contribution in [1.82, 2.24) is 14.9 Å². The van der Waals surface area contributed by atoms with Crippen LogP contribution < -0.4 is 10.9 Å². The minimum atomic E-state index is -1.20. The number of aromatic amines is 1. The standard InChI is InChI=1S/C21H23N3O3/c1-3-12-9-16(21(26)27)20(25)23-19(12)13-4-5-17-15(8-13)10-18(24(17)2)14-6-7-22-11-14/h4-5,8-10,14,22H,3,6-7,11H2,1-2H3,(H,23,25)(H,26,27). The molecule has 1 unspecified atom stereocenters. The maximum Gasteiger partial charge on any atom is 0.341 e. The van der Waals surface area contributed by atoms with E-state index >= 15 is 0 Å². The van der Waals surface area contributed by atoms with E-state index in [1.165, 1.54) is 11.8 Å². The van der Waals surface area contributed by atoms with E-state index in [0.717, 1.165) is 41.5 Å². The molecule has 27 heavy (non-hydrogen) atoms. The molecule has 0 amide bonds. The molecule has 0 radical (unpaired) electrons. The van der Waals surface area contributed by atoms with E-state index in [0.29, 0.717) is 18.0 Å². The summed E-state index contributed by atoms with van der Waals surface area (Å²) in [6.07, 6.45) is 1.78. The van der Waals surface area contributed by atoms with E-state index in [-0.39, 0.29) is 5.56 Å². The highest BCUT2D eigenvalue weighted by Gasteiger charge is 2.21. The quantitative estimate of drug-likeness (QED) is 0.663. The Morgan fingerprint density at radius 2 is 2.11 bits per heavy atom. The molecule has 6 nitrogen and oxygen atoms in total. The lowest BCUT2D eigenvalue weighted by molar-refractivity contribution is 0.0695. The number of carbonyl (C=O) groups is 1.